The van der Waals surface area contributed by atoms with E-state index in [1.54, 1.807) is 19.9 Å². The van der Waals surface area contributed by atoms with Crippen molar-refractivity contribution in [2.75, 3.05) is 11.9 Å². The van der Waals surface area contributed by atoms with Crippen molar-refractivity contribution in [1.29, 1.82) is 0 Å². The molecule has 1 heterocycles. The van der Waals surface area contributed by atoms with Crippen molar-refractivity contribution < 1.29 is 14.3 Å². The van der Waals surface area contributed by atoms with Crippen LogP contribution < -0.4 is 14.8 Å². The van der Waals surface area contributed by atoms with Crippen LogP contribution in [0.25, 0.3) is 0 Å². The van der Waals surface area contributed by atoms with Gasteiger partial charge in [0.05, 0.1) is 6.61 Å². The van der Waals surface area contributed by atoms with E-state index < -0.39 is 0 Å². The van der Waals surface area contributed by atoms with Crippen LogP contribution in [0, 0.1) is 19.1 Å². The molecule has 0 fully saturated rings. The van der Waals surface area contributed by atoms with Gasteiger partial charge in [0, 0.05) is 30.1 Å². The number of carbonyl (C=O) groups is 1. The Hall–Kier alpha value is -2.08. The van der Waals surface area contributed by atoms with Gasteiger partial charge >= 0.3 is 0 Å². The number of benzene rings is 1. The molecule has 0 atom stereocenters. The molecule has 0 aliphatic carbocycles. The smallest absolute Gasteiger partial charge is 0.265 e. The van der Waals surface area contributed by atoms with Gasteiger partial charge in [0.25, 0.3) is 5.91 Å². The Bertz CT molecular complexity index is 856. The van der Waals surface area contributed by atoms with Crippen LogP contribution >= 0.6 is 15.9 Å². The maximum Gasteiger partial charge on any atom is 0.265 e. The number of rotatable bonds is 9. The predicted molar refractivity (Wildman–Crippen MR) is 121 cm³/mol. The first-order valence-electron chi connectivity index (χ1n) is 10.3. The second kappa shape index (κ2) is 10.6. The molecule has 1 aromatic carbocycles. The van der Waals surface area contributed by atoms with Crippen molar-refractivity contribution >= 4 is 27.5 Å². The highest BCUT2D eigenvalue weighted by Gasteiger charge is 2.25. The van der Waals surface area contributed by atoms with Crippen molar-refractivity contribution in [2.45, 2.75) is 66.7 Å². The van der Waals surface area contributed by atoms with E-state index in [4.69, 9.17) is 4.74 Å². The maximum atomic E-state index is 13.3. The number of pyridine rings is 1. The summed E-state index contributed by atoms with van der Waals surface area (Å²) in [6.07, 6.45) is 4.64. The number of halogens is 1. The first-order valence-corrected chi connectivity index (χ1v) is 11.1. The van der Waals surface area contributed by atoms with Crippen molar-refractivity contribution in [3.8, 4) is 5.75 Å². The minimum absolute atomic E-state index is 0.300. The summed E-state index contributed by atoms with van der Waals surface area (Å²) in [4.78, 5) is 13.3. The second-order valence-electron chi connectivity index (χ2n) is 7.22. The monoisotopic (exact) mass is 462 g/mol. The lowest BCUT2D eigenvalue weighted by molar-refractivity contribution is -0.619. The van der Waals surface area contributed by atoms with Crippen LogP contribution in [0.15, 0.2) is 22.7 Å². The average Bonchev–Trinajstić information content (AvgIpc) is 2.70. The molecule has 0 aliphatic rings. The van der Waals surface area contributed by atoms with Gasteiger partial charge < -0.3 is 15.3 Å². The van der Waals surface area contributed by atoms with Crippen molar-refractivity contribution in [2.24, 2.45) is 0 Å². The van der Waals surface area contributed by atoms with Gasteiger partial charge in [-0.05, 0) is 42.5 Å². The van der Waals surface area contributed by atoms with Crippen LogP contribution in [-0.4, -0.2) is 12.5 Å². The van der Waals surface area contributed by atoms with E-state index in [0.717, 1.165) is 58.1 Å². The summed E-state index contributed by atoms with van der Waals surface area (Å²) in [5, 5.41) is 15.5. The molecule has 0 saturated heterocycles. The molecule has 5 nitrogen and oxygen atoms in total. The van der Waals surface area contributed by atoms with E-state index in [9.17, 15) is 10.0 Å². The Kier molecular flexibility index (Phi) is 8.50. The van der Waals surface area contributed by atoms with Crippen LogP contribution in [0.4, 0.5) is 5.69 Å². The van der Waals surface area contributed by atoms with Crippen molar-refractivity contribution in [3.05, 3.63) is 56.0 Å². The summed E-state index contributed by atoms with van der Waals surface area (Å²) in [5.74, 6) is 0.151. The van der Waals surface area contributed by atoms with E-state index in [0.29, 0.717) is 29.3 Å². The molecule has 2 aromatic rings. The zero-order valence-corrected chi connectivity index (χ0v) is 19.6. The number of ether oxygens (including phenoxy) is 1. The topological polar surface area (TPSA) is 65.3 Å². The molecule has 0 saturated carbocycles. The van der Waals surface area contributed by atoms with Gasteiger partial charge in [-0.3, -0.25) is 4.79 Å². The normalized spacial score (nSPS) is 10.8. The summed E-state index contributed by atoms with van der Waals surface area (Å²) in [7, 11) is 0. The molecule has 29 heavy (non-hydrogen) atoms. The second-order valence-corrected chi connectivity index (χ2v) is 8.14. The van der Waals surface area contributed by atoms with Crippen molar-refractivity contribution in [1.82, 2.24) is 0 Å². The molecule has 2 rings (SSSR count). The highest BCUT2D eigenvalue weighted by Crippen LogP contribution is 2.30. The lowest BCUT2D eigenvalue weighted by Crippen LogP contribution is -2.37. The highest BCUT2D eigenvalue weighted by atomic mass is 79.9. The lowest BCUT2D eigenvalue weighted by Gasteiger charge is -2.18. The quantitative estimate of drug-likeness (QED) is 0.297. The molecule has 0 aliphatic heterocycles. The average molecular weight is 463 g/mol. The van der Waals surface area contributed by atoms with Gasteiger partial charge in [0.2, 0.25) is 5.69 Å². The number of carbonyl (C=O) groups excluding carboxylic acids is 1. The molecular weight excluding hydrogens is 432 g/mol. The zero-order chi connectivity index (χ0) is 21.6. The number of amides is 1. The number of nitrogens with one attached hydrogen (secondary N) is 1. The fourth-order valence-electron chi connectivity index (χ4n) is 3.41. The third-order valence-electron chi connectivity index (χ3n) is 5.07. The van der Waals surface area contributed by atoms with E-state index >= 15 is 0 Å². The number of aryl methyl sites for hydroxylation is 3. The fourth-order valence-corrected chi connectivity index (χ4v) is 3.96. The van der Waals surface area contributed by atoms with Gasteiger partial charge in [-0.1, -0.05) is 49.5 Å². The lowest BCUT2D eigenvalue weighted by atomic mass is 10.0. The number of hydrogen-bond acceptors (Lipinski definition) is 3. The Morgan fingerprint density at radius 3 is 2.28 bits per heavy atom. The molecule has 0 unspecified atom stereocenters. The number of aromatic nitrogens is 1. The third-order valence-corrected chi connectivity index (χ3v) is 5.53. The van der Waals surface area contributed by atoms with E-state index in [-0.39, 0.29) is 5.91 Å². The van der Waals surface area contributed by atoms with Crippen LogP contribution in [0.5, 0.6) is 5.75 Å². The Morgan fingerprint density at radius 2 is 1.72 bits per heavy atom. The molecule has 1 N–H and O–H groups in total. The molecule has 0 bridgehead atoms. The van der Waals surface area contributed by atoms with Crippen molar-refractivity contribution in [3.63, 3.8) is 0 Å². The Morgan fingerprint density at radius 1 is 1.10 bits per heavy atom. The van der Waals surface area contributed by atoms with Gasteiger partial charge in [-0.15, -0.1) is 0 Å². The molecule has 158 valence electrons. The maximum absolute atomic E-state index is 13.3. The molecular formula is C23H31BrN2O3. The first-order chi connectivity index (χ1) is 13.8. The van der Waals surface area contributed by atoms with Gasteiger partial charge in [-0.2, -0.15) is 4.73 Å². The first kappa shape index (κ1) is 23.2. The largest absolute Gasteiger partial charge is 0.618 e. The summed E-state index contributed by atoms with van der Waals surface area (Å²) >= 11 is 3.54. The Balaban J connectivity index is 2.44. The fraction of sp³-hybridized carbons (Fsp3) is 0.478. The Labute approximate surface area is 182 Å². The van der Waals surface area contributed by atoms with E-state index in [2.05, 4.69) is 42.0 Å². The van der Waals surface area contributed by atoms with Crippen LogP contribution in [0.3, 0.4) is 0 Å². The molecule has 1 amide bonds. The van der Waals surface area contributed by atoms with E-state index in [1.165, 1.54) is 0 Å². The standard InChI is InChI=1S/C23H31BrN2O3/c1-6-9-10-11-29-20-12-15(4)26(28)16(5)21(20)23(27)25-22-17(7-2)13-19(24)14-18(22)8-3/h12-14H,6-11H2,1-5H3,(H,25,27). The number of unbranched alkanes of at least 4 members (excludes halogenated alkanes) is 2. The summed E-state index contributed by atoms with van der Waals surface area (Å²) < 4.78 is 7.71. The van der Waals surface area contributed by atoms with Crippen LogP contribution in [0.2, 0.25) is 0 Å². The summed E-state index contributed by atoms with van der Waals surface area (Å²) in [5.41, 5.74) is 4.08. The van der Waals surface area contributed by atoms with E-state index in [1.807, 2.05) is 12.1 Å². The van der Waals surface area contributed by atoms with Crippen LogP contribution in [0.1, 0.15) is 72.9 Å². The van der Waals surface area contributed by atoms with Gasteiger partial charge in [0.15, 0.2) is 5.69 Å². The molecule has 0 spiro atoms. The highest BCUT2D eigenvalue weighted by molar-refractivity contribution is 9.10. The minimum atomic E-state index is -0.315. The molecule has 1 aromatic heterocycles. The predicted octanol–water partition coefficient (Wildman–Crippen LogP) is 5.65. The summed E-state index contributed by atoms with van der Waals surface area (Å²) in [6, 6.07) is 5.70. The summed E-state index contributed by atoms with van der Waals surface area (Å²) in [6.45, 7) is 10.2. The van der Waals surface area contributed by atoms with Gasteiger partial charge in [0.1, 0.15) is 11.3 Å². The number of anilines is 1. The number of nitrogens with zero attached hydrogens (tertiary/aromatic N) is 1. The van der Waals surface area contributed by atoms with Gasteiger partial charge in [-0.25, -0.2) is 0 Å². The third kappa shape index (κ3) is 5.50. The minimum Gasteiger partial charge on any atom is -0.618 e. The number of hydrogen-bond donors (Lipinski definition) is 1. The molecule has 6 heteroatoms. The van der Waals surface area contributed by atoms with Crippen LogP contribution in [-0.2, 0) is 12.8 Å². The zero-order valence-electron chi connectivity index (χ0n) is 18.0. The SMILES string of the molecule is CCCCCOc1cc(C)[n+]([O-])c(C)c1C(=O)Nc1c(CC)cc(Br)cc1CC. The molecule has 0 radical (unpaired) electrons.